The number of benzene rings is 1. The fourth-order valence-electron chi connectivity index (χ4n) is 1.71. The van der Waals surface area contributed by atoms with Gasteiger partial charge in [0.15, 0.2) is 0 Å². The number of hydrogen-bond donors (Lipinski definition) is 1. The highest BCUT2D eigenvalue weighted by molar-refractivity contribution is 5.67. The largest absolute Gasteiger partial charge is 0.445 e. The highest BCUT2D eigenvalue weighted by Crippen LogP contribution is 2.10. The van der Waals surface area contributed by atoms with Gasteiger partial charge in [0.2, 0.25) is 0 Å². The lowest BCUT2D eigenvalue weighted by Crippen LogP contribution is -2.28. The van der Waals surface area contributed by atoms with Crippen LogP contribution in [-0.4, -0.2) is 36.3 Å². The van der Waals surface area contributed by atoms with Crippen LogP contribution in [0.1, 0.15) is 38.7 Å². The number of likely N-dealkylation sites (tertiary alicyclic amines) is 1. The number of aliphatic hydroxyl groups excluding tert-OH is 1. The van der Waals surface area contributed by atoms with Gasteiger partial charge in [-0.15, -0.1) is 0 Å². The second kappa shape index (κ2) is 12.5. The molecule has 2 rings (SSSR count). The van der Waals surface area contributed by atoms with E-state index in [9.17, 15) is 4.79 Å². The van der Waals surface area contributed by atoms with E-state index in [4.69, 9.17) is 9.84 Å². The lowest BCUT2D eigenvalue weighted by molar-refractivity contribution is 0.104. The highest BCUT2D eigenvalue weighted by Gasteiger charge is 2.18. The summed E-state index contributed by atoms with van der Waals surface area (Å²) in [4.78, 5) is 13.3. The molecule has 1 aliphatic heterocycles. The molecule has 0 bridgehead atoms. The average Bonchev–Trinajstić information content (AvgIpc) is 3.03. The van der Waals surface area contributed by atoms with Gasteiger partial charge in [-0.05, 0) is 18.4 Å². The van der Waals surface area contributed by atoms with Gasteiger partial charge in [0.05, 0.1) is 0 Å². The fourth-order valence-corrected chi connectivity index (χ4v) is 1.71. The molecule has 20 heavy (non-hydrogen) atoms. The van der Waals surface area contributed by atoms with Gasteiger partial charge in [-0.1, -0.05) is 50.6 Å². The SMILES string of the molecule is CCC.CO.O=C(OCc1ccccc1)N1CCCC1. The van der Waals surface area contributed by atoms with Crippen LogP contribution in [0, 0.1) is 0 Å². The van der Waals surface area contributed by atoms with Gasteiger partial charge < -0.3 is 14.7 Å². The molecule has 4 nitrogen and oxygen atoms in total. The summed E-state index contributed by atoms with van der Waals surface area (Å²) in [5.74, 6) is 0. The van der Waals surface area contributed by atoms with Crippen molar-refractivity contribution in [2.75, 3.05) is 20.2 Å². The number of amides is 1. The van der Waals surface area contributed by atoms with E-state index in [1.807, 2.05) is 30.3 Å². The average molecular weight is 281 g/mol. The summed E-state index contributed by atoms with van der Waals surface area (Å²) in [7, 11) is 1.00. The molecule has 0 unspecified atom stereocenters. The standard InChI is InChI=1S/C12H15NO2.C3H8.CH4O/c14-12(13-8-4-5-9-13)15-10-11-6-2-1-3-7-11;1-3-2;1-2/h1-3,6-7H,4-5,8-10H2;3H2,1-2H3;2H,1H3. The normalized spacial score (nSPS) is 12.7. The third-order valence-corrected chi connectivity index (χ3v) is 2.57. The molecule has 0 aliphatic carbocycles. The fraction of sp³-hybridized carbons (Fsp3) is 0.562. The molecule has 0 aromatic heterocycles. The topological polar surface area (TPSA) is 49.8 Å². The first kappa shape index (κ1) is 18.4. The van der Waals surface area contributed by atoms with Gasteiger partial charge in [0.25, 0.3) is 0 Å². The molecule has 1 saturated heterocycles. The second-order valence-corrected chi connectivity index (χ2v) is 4.44. The summed E-state index contributed by atoms with van der Waals surface area (Å²) in [5.41, 5.74) is 1.03. The molecule has 1 aromatic rings. The van der Waals surface area contributed by atoms with E-state index in [-0.39, 0.29) is 6.09 Å². The van der Waals surface area contributed by atoms with Crippen molar-refractivity contribution >= 4 is 6.09 Å². The van der Waals surface area contributed by atoms with Gasteiger partial charge in [-0.3, -0.25) is 0 Å². The zero-order valence-corrected chi connectivity index (χ0v) is 12.8. The van der Waals surface area contributed by atoms with Crippen LogP contribution in [0.15, 0.2) is 30.3 Å². The zero-order valence-electron chi connectivity index (χ0n) is 12.8. The van der Waals surface area contributed by atoms with Crippen LogP contribution >= 0.6 is 0 Å². The summed E-state index contributed by atoms with van der Waals surface area (Å²) >= 11 is 0. The lowest BCUT2D eigenvalue weighted by Gasteiger charge is -2.14. The molecular formula is C16H27NO3. The van der Waals surface area contributed by atoms with Gasteiger partial charge in [-0.25, -0.2) is 4.79 Å². The Hall–Kier alpha value is -1.55. The third kappa shape index (κ3) is 7.79. The molecule has 1 amide bonds. The van der Waals surface area contributed by atoms with Crippen LogP contribution < -0.4 is 0 Å². The minimum atomic E-state index is -0.184. The van der Waals surface area contributed by atoms with E-state index in [0.29, 0.717) is 6.61 Å². The van der Waals surface area contributed by atoms with Crippen LogP contribution in [0.3, 0.4) is 0 Å². The minimum Gasteiger partial charge on any atom is -0.445 e. The number of rotatable bonds is 2. The molecule has 0 spiro atoms. The molecule has 114 valence electrons. The summed E-state index contributed by atoms with van der Waals surface area (Å²) in [5, 5.41) is 7.00. The predicted octanol–water partition coefficient (Wildman–Crippen LogP) is 3.44. The van der Waals surface area contributed by atoms with E-state index < -0.39 is 0 Å². The lowest BCUT2D eigenvalue weighted by atomic mass is 10.2. The van der Waals surface area contributed by atoms with Crippen LogP contribution in [0.2, 0.25) is 0 Å². The molecule has 1 fully saturated rings. The van der Waals surface area contributed by atoms with Gasteiger partial charge in [0.1, 0.15) is 6.61 Å². The molecular weight excluding hydrogens is 254 g/mol. The van der Waals surface area contributed by atoms with Crippen molar-refractivity contribution in [1.29, 1.82) is 0 Å². The Morgan fingerprint density at radius 3 is 2.15 bits per heavy atom. The van der Waals surface area contributed by atoms with E-state index in [1.165, 1.54) is 6.42 Å². The van der Waals surface area contributed by atoms with Gasteiger partial charge >= 0.3 is 6.09 Å². The van der Waals surface area contributed by atoms with E-state index in [0.717, 1.165) is 38.6 Å². The number of nitrogens with zero attached hydrogens (tertiary/aromatic N) is 1. The van der Waals surface area contributed by atoms with E-state index in [2.05, 4.69) is 13.8 Å². The van der Waals surface area contributed by atoms with Crippen LogP contribution in [0.4, 0.5) is 4.79 Å². The Kier molecular flexibility index (Phi) is 11.5. The van der Waals surface area contributed by atoms with E-state index >= 15 is 0 Å². The number of aliphatic hydroxyl groups is 1. The smallest absolute Gasteiger partial charge is 0.410 e. The van der Waals surface area contributed by atoms with Crippen molar-refractivity contribution in [3.8, 4) is 0 Å². The monoisotopic (exact) mass is 281 g/mol. The maximum absolute atomic E-state index is 11.5. The summed E-state index contributed by atoms with van der Waals surface area (Å²) in [6.45, 7) is 6.30. The minimum absolute atomic E-state index is 0.184. The Morgan fingerprint density at radius 1 is 1.15 bits per heavy atom. The van der Waals surface area contributed by atoms with Crippen molar-refractivity contribution in [3.05, 3.63) is 35.9 Å². The number of hydrogen-bond acceptors (Lipinski definition) is 3. The molecule has 1 aliphatic rings. The Morgan fingerprint density at radius 2 is 1.65 bits per heavy atom. The first-order valence-electron chi connectivity index (χ1n) is 7.18. The zero-order chi connectivity index (χ0) is 15.2. The Labute approximate surface area is 122 Å². The van der Waals surface area contributed by atoms with Crippen LogP contribution in [0.25, 0.3) is 0 Å². The van der Waals surface area contributed by atoms with Crippen molar-refractivity contribution in [2.24, 2.45) is 0 Å². The molecule has 4 heteroatoms. The second-order valence-electron chi connectivity index (χ2n) is 4.44. The predicted molar refractivity (Wildman–Crippen MR) is 81.5 cm³/mol. The Bertz CT molecular complexity index is 335. The maximum atomic E-state index is 11.5. The highest BCUT2D eigenvalue weighted by atomic mass is 16.6. The molecule has 1 N–H and O–H groups in total. The molecule has 0 radical (unpaired) electrons. The third-order valence-electron chi connectivity index (χ3n) is 2.57. The maximum Gasteiger partial charge on any atom is 0.410 e. The van der Waals surface area contributed by atoms with Gasteiger partial charge in [-0.2, -0.15) is 0 Å². The number of ether oxygens (including phenoxy) is 1. The Balaban J connectivity index is 0.000000641. The number of carbonyl (C=O) groups excluding carboxylic acids is 1. The summed E-state index contributed by atoms with van der Waals surface area (Å²) in [6, 6.07) is 9.75. The van der Waals surface area contributed by atoms with Crippen LogP contribution in [-0.2, 0) is 11.3 Å². The van der Waals surface area contributed by atoms with Crippen molar-refractivity contribution in [1.82, 2.24) is 4.90 Å². The van der Waals surface area contributed by atoms with Crippen LogP contribution in [0.5, 0.6) is 0 Å². The van der Waals surface area contributed by atoms with Crippen molar-refractivity contribution in [2.45, 2.75) is 39.7 Å². The van der Waals surface area contributed by atoms with Gasteiger partial charge in [0, 0.05) is 20.2 Å². The van der Waals surface area contributed by atoms with Crippen molar-refractivity contribution in [3.63, 3.8) is 0 Å². The van der Waals surface area contributed by atoms with Crippen molar-refractivity contribution < 1.29 is 14.6 Å². The summed E-state index contributed by atoms with van der Waals surface area (Å²) in [6.07, 6.45) is 3.26. The molecule has 0 saturated carbocycles. The molecule has 1 heterocycles. The number of carbonyl (C=O) groups is 1. The van der Waals surface area contributed by atoms with E-state index in [1.54, 1.807) is 4.90 Å². The quantitative estimate of drug-likeness (QED) is 0.903. The first-order chi connectivity index (χ1) is 9.77. The summed E-state index contributed by atoms with van der Waals surface area (Å²) < 4.78 is 5.20. The molecule has 1 aromatic carbocycles. The first-order valence-corrected chi connectivity index (χ1v) is 7.18. The molecule has 0 atom stereocenters.